The van der Waals surface area contributed by atoms with E-state index < -0.39 is 10.0 Å². The highest BCUT2D eigenvalue weighted by Crippen LogP contribution is 2.20. The highest BCUT2D eigenvalue weighted by molar-refractivity contribution is 7.89. The molecule has 0 spiro atoms. The molecule has 0 bridgehead atoms. The van der Waals surface area contributed by atoms with Crippen molar-refractivity contribution in [2.45, 2.75) is 52.0 Å². The highest BCUT2D eigenvalue weighted by atomic mass is 32.2. The number of nitrogens with one attached hydrogen (secondary N) is 1. The Labute approximate surface area is 145 Å². The average molecular weight is 353 g/mol. The Balaban J connectivity index is 2.12. The molecule has 0 unspecified atom stereocenters. The van der Waals surface area contributed by atoms with Gasteiger partial charge in [0, 0.05) is 36.6 Å². The number of sulfonamides is 1. The zero-order valence-corrected chi connectivity index (χ0v) is 15.5. The van der Waals surface area contributed by atoms with Crippen LogP contribution in [0, 0.1) is 6.92 Å². The summed E-state index contributed by atoms with van der Waals surface area (Å²) in [5.74, 6) is 0.655. The molecule has 1 atom stereocenters. The Bertz CT molecular complexity index is 653. The molecule has 1 aliphatic rings. The smallest absolute Gasteiger partial charge is 0.225 e. The Morgan fingerprint density at radius 1 is 1.29 bits per heavy atom. The summed E-state index contributed by atoms with van der Waals surface area (Å²) in [4.78, 5) is 11.4. The first kappa shape index (κ1) is 18.9. The second-order valence-electron chi connectivity index (χ2n) is 6.38. The van der Waals surface area contributed by atoms with Crippen molar-refractivity contribution >= 4 is 16.0 Å². The largest absolute Gasteiger partial charge is 0.341 e. The number of rotatable bonds is 6. The van der Waals surface area contributed by atoms with Gasteiger partial charge < -0.3 is 4.90 Å². The molecular formula is C17H28N4O2S. The summed E-state index contributed by atoms with van der Waals surface area (Å²) in [6, 6.07) is -0.365. The summed E-state index contributed by atoms with van der Waals surface area (Å²) in [6.07, 6.45) is 9.30. The van der Waals surface area contributed by atoms with Crippen molar-refractivity contribution in [2.24, 2.45) is 0 Å². The molecule has 6 nitrogen and oxygen atoms in total. The molecule has 0 aliphatic carbocycles. The first-order valence-electron chi connectivity index (χ1n) is 8.62. The van der Waals surface area contributed by atoms with Gasteiger partial charge in [-0.2, -0.15) is 0 Å². The maximum absolute atomic E-state index is 11.9. The molecule has 0 radical (unpaired) electrons. The van der Waals surface area contributed by atoms with Crippen LogP contribution in [0.4, 0.5) is 5.95 Å². The summed E-state index contributed by atoms with van der Waals surface area (Å²) < 4.78 is 26.4. The van der Waals surface area contributed by atoms with E-state index in [1.807, 2.05) is 13.8 Å². The van der Waals surface area contributed by atoms with Crippen LogP contribution in [0.25, 0.3) is 0 Å². The van der Waals surface area contributed by atoms with Crippen molar-refractivity contribution in [1.29, 1.82) is 0 Å². The highest BCUT2D eigenvalue weighted by Gasteiger charge is 2.19. The maximum Gasteiger partial charge on any atom is 0.225 e. The van der Waals surface area contributed by atoms with Crippen molar-refractivity contribution in [3.63, 3.8) is 0 Å². The molecular weight excluding hydrogens is 324 g/mol. The molecule has 1 aromatic rings. The van der Waals surface area contributed by atoms with E-state index in [9.17, 15) is 8.42 Å². The van der Waals surface area contributed by atoms with Gasteiger partial charge in [-0.3, -0.25) is 0 Å². The van der Waals surface area contributed by atoms with E-state index in [2.05, 4.69) is 26.2 Å². The molecule has 7 heteroatoms. The second-order valence-corrected chi connectivity index (χ2v) is 8.17. The molecule has 0 saturated carbocycles. The van der Waals surface area contributed by atoms with Crippen LogP contribution >= 0.6 is 0 Å². The summed E-state index contributed by atoms with van der Waals surface area (Å²) in [6.45, 7) is 9.16. The third-order valence-electron chi connectivity index (χ3n) is 4.30. The lowest BCUT2D eigenvalue weighted by atomic mass is 10.1. The number of hydrogen-bond acceptors (Lipinski definition) is 5. The van der Waals surface area contributed by atoms with Crippen molar-refractivity contribution in [1.82, 2.24) is 14.7 Å². The molecule has 0 aromatic carbocycles. The van der Waals surface area contributed by atoms with Crippen LogP contribution in [-0.2, 0) is 10.0 Å². The van der Waals surface area contributed by atoms with Crippen molar-refractivity contribution in [3.05, 3.63) is 30.1 Å². The van der Waals surface area contributed by atoms with Gasteiger partial charge in [-0.1, -0.05) is 25.3 Å². The summed E-state index contributed by atoms with van der Waals surface area (Å²) in [5, 5.41) is 0. The van der Waals surface area contributed by atoms with Crippen molar-refractivity contribution in [3.8, 4) is 0 Å². The molecule has 2 heterocycles. The van der Waals surface area contributed by atoms with E-state index in [0.717, 1.165) is 30.3 Å². The number of aryl methyl sites for hydroxylation is 1. The van der Waals surface area contributed by atoms with Crippen LogP contribution in [0.5, 0.6) is 0 Å². The zero-order chi connectivity index (χ0) is 17.6. The van der Waals surface area contributed by atoms with E-state index in [1.54, 1.807) is 6.20 Å². The van der Waals surface area contributed by atoms with Gasteiger partial charge >= 0.3 is 0 Å². The van der Waals surface area contributed by atoms with Gasteiger partial charge in [0.15, 0.2) is 0 Å². The van der Waals surface area contributed by atoms with Crippen molar-refractivity contribution in [2.75, 3.05) is 23.7 Å². The number of anilines is 1. The van der Waals surface area contributed by atoms with Crippen LogP contribution < -0.4 is 9.62 Å². The third-order valence-corrected chi connectivity index (χ3v) is 5.69. The zero-order valence-electron chi connectivity index (χ0n) is 14.7. The summed E-state index contributed by atoms with van der Waals surface area (Å²) >= 11 is 0. The van der Waals surface area contributed by atoms with Gasteiger partial charge in [0.05, 0.1) is 5.75 Å². The molecule has 0 amide bonds. The van der Waals surface area contributed by atoms with Gasteiger partial charge in [-0.05, 0) is 26.7 Å². The molecule has 1 saturated heterocycles. The van der Waals surface area contributed by atoms with Gasteiger partial charge in [-0.25, -0.2) is 23.1 Å². The van der Waals surface area contributed by atoms with Gasteiger partial charge in [0.2, 0.25) is 16.0 Å². The molecule has 2 rings (SSSR count). The standard InChI is InChI=1S/C17H28N4O2S/c1-4-12-24(22,23)20-15(3)16-13-18-17(19-14(16)2)21-10-8-6-5-7-9-11-21/h4,13,15,20H,1,5-12H2,2-3H3/t15-/m0/s1. The monoisotopic (exact) mass is 352 g/mol. The Kier molecular flexibility index (Phi) is 6.74. The van der Waals surface area contributed by atoms with Crippen LogP contribution in [0.2, 0.25) is 0 Å². The van der Waals surface area contributed by atoms with Crippen molar-refractivity contribution < 1.29 is 8.42 Å². The van der Waals surface area contributed by atoms with Crippen LogP contribution in [0.3, 0.4) is 0 Å². The normalized spacial score (nSPS) is 17.8. The lowest BCUT2D eigenvalue weighted by Gasteiger charge is -2.25. The van der Waals surface area contributed by atoms with Gasteiger partial charge in [-0.15, -0.1) is 6.58 Å². The summed E-state index contributed by atoms with van der Waals surface area (Å²) in [5.41, 5.74) is 1.62. The number of hydrogen-bond donors (Lipinski definition) is 1. The molecule has 1 N–H and O–H groups in total. The minimum atomic E-state index is -3.37. The lowest BCUT2D eigenvalue weighted by molar-refractivity contribution is 0.549. The van der Waals surface area contributed by atoms with Crippen LogP contribution in [0.1, 0.15) is 56.3 Å². The quantitative estimate of drug-likeness (QED) is 0.797. The second kappa shape index (κ2) is 8.58. The molecule has 24 heavy (non-hydrogen) atoms. The SMILES string of the molecule is C=CCS(=O)(=O)N[C@@H](C)c1cnc(N2CCCCCCC2)nc1C. The predicted molar refractivity (Wildman–Crippen MR) is 97.6 cm³/mol. The minimum Gasteiger partial charge on any atom is -0.341 e. The third kappa shape index (κ3) is 5.27. The van der Waals surface area contributed by atoms with E-state index in [4.69, 9.17) is 0 Å². The lowest BCUT2D eigenvalue weighted by Crippen LogP contribution is -2.31. The first-order valence-corrected chi connectivity index (χ1v) is 10.3. The predicted octanol–water partition coefficient (Wildman–Crippen LogP) is 2.72. The topological polar surface area (TPSA) is 75.2 Å². The molecule has 1 aromatic heterocycles. The Morgan fingerprint density at radius 2 is 1.92 bits per heavy atom. The summed E-state index contributed by atoms with van der Waals surface area (Å²) in [7, 11) is -3.37. The number of nitrogens with zero attached hydrogens (tertiary/aromatic N) is 3. The van der Waals surface area contributed by atoms with Gasteiger partial charge in [0.25, 0.3) is 0 Å². The minimum absolute atomic E-state index is 0.0941. The van der Waals surface area contributed by atoms with E-state index in [-0.39, 0.29) is 11.8 Å². The number of aromatic nitrogens is 2. The van der Waals surface area contributed by atoms with Crippen LogP contribution in [0.15, 0.2) is 18.9 Å². The van der Waals surface area contributed by atoms with E-state index in [0.29, 0.717) is 0 Å². The Hall–Kier alpha value is -1.47. The molecule has 1 aliphatic heterocycles. The van der Waals surface area contributed by atoms with E-state index >= 15 is 0 Å². The fourth-order valence-corrected chi connectivity index (χ4v) is 4.10. The fraction of sp³-hybridized carbons (Fsp3) is 0.647. The maximum atomic E-state index is 11.9. The van der Waals surface area contributed by atoms with Crippen LogP contribution in [-0.4, -0.2) is 37.2 Å². The average Bonchev–Trinajstić information content (AvgIpc) is 2.45. The first-order chi connectivity index (χ1) is 11.4. The van der Waals surface area contributed by atoms with E-state index in [1.165, 1.54) is 38.2 Å². The molecule has 134 valence electrons. The fourth-order valence-electron chi connectivity index (χ4n) is 3.03. The Morgan fingerprint density at radius 3 is 2.50 bits per heavy atom. The molecule has 1 fully saturated rings. The van der Waals surface area contributed by atoms with Gasteiger partial charge in [0.1, 0.15) is 0 Å².